The smallest absolute Gasteiger partial charge is 0.159 e. The Hall–Kier alpha value is -2.79. The van der Waals surface area contributed by atoms with E-state index in [1.54, 1.807) is 0 Å². The number of fused-ring (bicyclic) bond motifs is 3. The molecule has 1 aliphatic heterocycles. The number of hydrogen-bond donors (Lipinski definition) is 0. The van der Waals surface area contributed by atoms with Crippen LogP contribution in [0.1, 0.15) is 64.3 Å². The van der Waals surface area contributed by atoms with Crippen LogP contribution in [-0.4, -0.2) is 26.3 Å². The van der Waals surface area contributed by atoms with Gasteiger partial charge in [0.05, 0.1) is 11.4 Å². The van der Waals surface area contributed by atoms with Crippen LogP contribution < -0.4 is 0 Å². The van der Waals surface area contributed by atoms with Gasteiger partial charge < -0.3 is 4.79 Å². The van der Waals surface area contributed by atoms with Crippen molar-refractivity contribution in [3.63, 3.8) is 0 Å². The maximum Gasteiger partial charge on any atom is 0.159 e. The minimum atomic E-state index is 0.167. The second-order valence-corrected chi connectivity index (χ2v) is 6.53. The van der Waals surface area contributed by atoms with E-state index in [0.717, 1.165) is 39.2 Å². The molecule has 0 aliphatic carbocycles. The summed E-state index contributed by atoms with van der Waals surface area (Å²) in [4.78, 5) is 14.2. The van der Waals surface area contributed by atoms with Crippen molar-refractivity contribution >= 4 is 23.1 Å². The molecule has 0 N–H and O–H groups in total. The van der Waals surface area contributed by atoms with E-state index in [0.29, 0.717) is 6.54 Å². The van der Waals surface area contributed by atoms with Crippen molar-refractivity contribution in [1.29, 1.82) is 0 Å². The number of aromatic nitrogens is 3. The molecule has 160 valence electrons. The molecule has 0 amide bonds. The average molecular weight is 427 g/mol. The van der Waals surface area contributed by atoms with E-state index in [4.69, 9.17) is 16.6 Å². The van der Waals surface area contributed by atoms with Crippen molar-refractivity contribution in [3.05, 3.63) is 76.3 Å². The van der Waals surface area contributed by atoms with Crippen LogP contribution in [0.5, 0.6) is 0 Å². The summed E-state index contributed by atoms with van der Waals surface area (Å²) in [6.45, 7) is 13.5. The highest BCUT2D eigenvalue weighted by atomic mass is 35.5. The van der Waals surface area contributed by atoms with Gasteiger partial charge in [0, 0.05) is 16.1 Å². The SMILES string of the molecule is CC.CC.CC(C)=O.Cc1nnc2n1-c1ccccc1C(c1ccc(Cl)cc1)=NC2. The molecule has 0 bridgehead atoms. The number of Topliss-reactive ketones (excluding diaryl/α,β-unsaturated/α-hetero) is 1. The lowest BCUT2D eigenvalue weighted by atomic mass is 10.0. The molecule has 0 spiro atoms. The van der Waals surface area contributed by atoms with Crippen molar-refractivity contribution in [1.82, 2.24) is 14.8 Å². The van der Waals surface area contributed by atoms with E-state index in [9.17, 15) is 4.79 Å². The van der Waals surface area contributed by atoms with Gasteiger partial charge >= 0.3 is 0 Å². The first kappa shape index (κ1) is 25.2. The van der Waals surface area contributed by atoms with Crippen molar-refractivity contribution in [2.24, 2.45) is 4.99 Å². The summed E-state index contributed by atoms with van der Waals surface area (Å²) in [5.41, 5.74) is 4.14. The molecular weight excluding hydrogens is 396 g/mol. The number of nitrogens with zero attached hydrogens (tertiary/aromatic N) is 4. The lowest BCUT2D eigenvalue weighted by Gasteiger charge is -2.12. The van der Waals surface area contributed by atoms with Gasteiger partial charge in [-0.1, -0.05) is 69.6 Å². The normalized spacial score (nSPS) is 10.9. The van der Waals surface area contributed by atoms with E-state index in [2.05, 4.69) is 26.9 Å². The van der Waals surface area contributed by atoms with Crippen LogP contribution in [0.2, 0.25) is 5.02 Å². The molecule has 0 fully saturated rings. The molecule has 0 unspecified atom stereocenters. The zero-order valence-electron chi connectivity index (χ0n) is 18.9. The van der Waals surface area contributed by atoms with E-state index < -0.39 is 0 Å². The number of hydrogen-bond acceptors (Lipinski definition) is 4. The number of aryl methyl sites for hydroxylation is 1. The number of aliphatic imine (C=N–C) groups is 1. The number of rotatable bonds is 1. The van der Waals surface area contributed by atoms with Crippen LogP contribution in [0, 0.1) is 6.92 Å². The first-order valence-electron chi connectivity index (χ1n) is 10.3. The molecule has 1 aliphatic rings. The minimum Gasteiger partial charge on any atom is -0.300 e. The lowest BCUT2D eigenvalue weighted by Crippen LogP contribution is -2.07. The molecular formula is C24H31ClN4O. The van der Waals surface area contributed by atoms with Gasteiger partial charge in [-0.05, 0) is 39.0 Å². The van der Waals surface area contributed by atoms with Gasteiger partial charge in [0.2, 0.25) is 0 Å². The molecule has 4 rings (SSSR count). The van der Waals surface area contributed by atoms with E-state index in [1.807, 2.05) is 71.0 Å². The Kier molecular flexibility index (Phi) is 10.7. The van der Waals surface area contributed by atoms with E-state index in [-0.39, 0.29) is 5.78 Å². The van der Waals surface area contributed by atoms with Crippen LogP contribution >= 0.6 is 11.6 Å². The number of ketones is 1. The zero-order chi connectivity index (χ0) is 22.7. The summed E-state index contributed by atoms with van der Waals surface area (Å²) in [5, 5.41) is 9.14. The Morgan fingerprint density at radius 1 is 0.933 bits per heavy atom. The fourth-order valence-corrected chi connectivity index (χ4v) is 2.91. The van der Waals surface area contributed by atoms with Crippen LogP contribution in [0.3, 0.4) is 0 Å². The van der Waals surface area contributed by atoms with Crippen LogP contribution in [-0.2, 0) is 11.3 Å². The summed E-state index contributed by atoms with van der Waals surface area (Å²) < 4.78 is 2.07. The molecule has 0 saturated heterocycles. The number of carbonyl (C=O) groups excluding carboxylic acids is 1. The largest absolute Gasteiger partial charge is 0.300 e. The molecule has 6 heteroatoms. The molecule has 0 atom stereocenters. The third-order valence-electron chi connectivity index (χ3n) is 3.79. The summed E-state index contributed by atoms with van der Waals surface area (Å²) in [6, 6.07) is 16.0. The van der Waals surface area contributed by atoms with Crippen LogP contribution in [0.4, 0.5) is 0 Å². The van der Waals surface area contributed by atoms with Crippen molar-refractivity contribution < 1.29 is 4.79 Å². The van der Waals surface area contributed by atoms with Crippen LogP contribution in [0.15, 0.2) is 53.5 Å². The zero-order valence-corrected chi connectivity index (χ0v) is 19.7. The molecule has 3 aromatic rings. The fraction of sp³-hybridized carbons (Fsp3) is 0.333. The topological polar surface area (TPSA) is 60.1 Å². The predicted molar refractivity (Wildman–Crippen MR) is 126 cm³/mol. The first-order valence-corrected chi connectivity index (χ1v) is 10.6. The van der Waals surface area contributed by atoms with Gasteiger partial charge in [-0.25, -0.2) is 0 Å². The Labute approximate surface area is 184 Å². The molecule has 0 saturated carbocycles. The van der Waals surface area contributed by atoms with E-state index >= 15 is 0 Å². The third-order valence-corrected chi connectivity index (χ3v) is 4.04. The summed E-state index contributed by atoms with van der Waals surface area (Å²) in [7, 11) is 0. The highest BCUT2D eigenvalue weighted by Crippen LogP contribution is 2.25. The lowest BCUT2D eigenvalue weighted by molar-refractivity contribution is -0.114. The minimum absolute atomic E-state index is 0.167. The van der Waals surface area contributed by atoms with Gasteiger partial charge in [-0.3, -0.25) is 9.56 Å². The second kappa shape index (κ2) is 12.7. The Morgan fingerprint density at radius 3 is 2.10 bits per heavy atom. The molecule has 5 nitrogen and oxygen atoms in total. The average Bonchev–Trinajstić information content (AvgIpc) is 3.03. The van der Waals surface area contributed by atoms with Crippen molar-refractivity contribution in [3.8, 4) is 5.69 Å². The maximum atomic E-state index is 9.44. The van der Waals surface area contributed by atoms with E-state index in [1.165, 1.54) is 13.8 Å². The number of para-hydroxylation sites is 1. The van der Waals surface area contributed by atoms with Gasteiger partial charge in [-0.2, -0.15) is 0 Å². The van der Waals surface area contributed by atoms with Gasteiger partial charge in [0.15, 0.2) is 5.82 Å². The number of benzene rings is 2. The van der Waals surface area contributed by atoms with Gasteiger partial charge in [-0.15, -0.1) is 10.2 Å². The third kappa shape index (κ3) is 6.36. The first-order chi connectivity index (χ1) is 14.5. The Morgan fingerprint density at radius 2 is 1.50 bits per heavy atom. The molecule has 2 heterocycles. The van der Waals surface area contributed by atoms with Crippen molar-refractivity contribution in [2.45, 2.75) is 55.0 Å². The standard InChI is InChI=1S/C17H13ClN4.C3H6O.2C2H6/c1-11-20-21-16-10-19-17(12-6-8-13(18)9-7-12)14-4-2-3-5-15(14)22(11)16;1-3(2)4;2*1-2/h2-9H,10H2,1H3;1-2H3;2*1-2H3. The second-order valence-electron chi connectivity index (χ2n) is 6.10. The predicted octanol–water partition coefficient (Wildman–Crippen LogP) is 6.23. The van der Waals surface area contributed by atoms with Gasteiger partial charge in [0.25, 0.3) is 0 Å². The Balaban J connectivity index is 0.000000497. The molecule has 0 radical (unpaired) electrons. The monoisotopic (exact) mass is 426 g/mol. The van der Waals surface area contributed by atoms with Gasteiger partial charge in [0.1, 0.15) is 18.2 Å². The molecule has 2 aromatic carbocycles. The maximum absolute atomic E-state index is 9.44. The summed E-state index contributed by atoms with van der Waals surface area (Å²) >= 11 is 6.00. The quantitative estimate of drug-likeness (QED) is 0.463. The van der Waals surface area contributed by atoms with Crippen molar-refractivity contribution in [2.75, 3.05) is 0 Å². The highest BCUT2D eigenvalue weighted by molar-refractivity contribution is 6.30. The highest BCUT2D eigenvalue weighted by Gasteiger charge is 2.20. The molecule has 1 aromatic heterocycles. The fourth-order valence-electron chi connectivity index (χ4n) is 2.78. The number of carbonyl (C=O) groups is 1. The molecule has 30 heavy (non-hydrogen) atoms. The Bertz CT molecular complexity index is 971. The number of halogens is 1. The summed E-state index contributed by atoms with van der Waals surface area (Å²) in [5.74, 6) is 1.89. The summed E-state index contributed by atoms with van der Waals surface area (Å²) in [6.07, 6.45) is 0. The van der Waals surface area contributed by atoms with Crippen LogP contribution in [0.25, 0.3) is 5.69 Å².